The predicted octanol–water partition coefficient (Wildman–Crippen LogP) is 5.78. The Morgan fingerprint density at radius 1 is 1.28 bits per heavy atom. The fourth-order valence-electron chi connectivity index (χ4n) is 3.93. The van der Waals surface area contributed by atoms with Gasteiger partial charge in [0, 0.05) is 27.4 Å². The number of phenols is 1. The zero-order valence-electron chi connectivity index (χ0n) is 15.9. The van der Waals surface area contributed by atoms with E-state index in [-0.39, 0.29) is 18.0 Å². The number of rotatable bonds is 3. The normalized spacial score (nSPS) is 20.0. The van der Waals surface area contributed by atoms with Crippen LogP contribution in [0.2, 0.25) is 0 Å². The number of fused-ring (bicyclic) bond motifs is 3. The number of aromatic hydroxyl groups is 1. The van der Waals surface area contributed by atoms with E-state index in [4.69, 9.17) is 14.6 Å². The van der Waals surface area contributed by atoms with Gasteiger partial charge in [-0.05, 0) is 47.1 Å². The van der Waals surface area contributed by atoms with E-state index in [9.17, 15) is 5.11 Å². The number of aryl methyl sites for hydroxylation is 1. The van der Waals surface area contributed by atoms with E-state index < -0.39 is 0 Å². The van der Waals surface area contributed by atoms with Crippen molar-refractivity contribution < 1.29 is 14.6 Å². The summed E-state index contributed by atoms with van der Waals surface area (Å²) in [6, 6.07) is 13.6. The van der Waals surface area contributed by atoms with Crippen molar-refractivity contribution in [2.45, 2.75) is 25.6 Å². The van der Waals surface area contributed by atoms with Crippen LogP contribution in [0.15, 0.2) is 57.4 Å². The Morgan fingerprint density at radius 2 is 2.14 bits per heavy atom. The molecule has 7 heteroatoms. The lowest BCUT2D eigenvalue weighted by Crippen LogP contribution is -2.33. The van der Waals surface area contributed by atoms with Gasteiger partial charge in [-0.25, -0.2) is 5.01 Å². The van der Waals surface area contributed by atoms with Crippen molar-refractivity contribution in [3.05, 3.63) is 73.9 Å². The number of benzene rings is 2. The molecule has 0 unspecified atom stereocenters. The molecule has 0 amide bonds. The molecule has 29 heavy (non-hydrogen) atoms. The quantitative estimate of drug-likeness (QED) is 0.527. The fourth-order valence-corrected chi connectivity index (χ4v) is 5.40. The number of phenolic OH excluding ortho intramolecular Hbond substituents is 1. The average Bonchev–Trinajstić information content (AvgIpc) is 3.35. The van der Waals surface area contributed by atoms with Crippen LogP contribution in [0.4, 0.5) is 0 Å². The van der Waals surface area contributed by atoms with Crippen LogP contribution in [0, 0.1) is 6.92 Å². The molecule has 1 N–H and O–H groups in total. The molecule has 148 valence electrons. The summed E-state index contributed by atoms with van der Waals surface area (Å²) in [5.41, 5.74) is 3.76. The number of ether oxygens (including phenoxy) is 2. The second-order valence-electron chi connectivity index (χ2n) is 7.18. The first-order chi connectivity index (χ1) is 14.0. The molecule has 0 aliphatic carbocycles. The number of halogens is 1. The van der Waals surface area contributed by atoms with E-state index in [1.165, 1.54) is 0 Å². The minimum Gasteiger partial charge on any atom is -0.507 e. The molecule has 0 bridgehead atoms. The van der Waals surface area contributed by atoms with Crippen molar-refractivity contribution in [3.63, 3.8) is 0 Å². The number of methoxy groups -OCH3 is 1. The van der Waals surface area contributed by atoms with Crippen LogP contribution in [0.5, 0.6) is 17.2 Å². The van der Waals surface area contributed by atoms with Gasteiger partial charge in [-0.1, -0.05) is 23.8 Å². The van der Waals surface area contributed by atoms with Crippen molar-refractivity contribution >= 4 is 33.0 Å². The number of hydrogen-bond acceptors (Lipinski definition) is 6. The van der Waals surface area contributed by atoms with Crippen molar-refractivity contribution in [2.75, 3.05) is 7.11 Å². The molecule has 0 spiro atoms. The van der Waals surface area contributed by atoms with Crippen molar-refractivity contribution in [1.82, 2.24) is 5.01 Å². The highest BCUT2D eigenvalue weighted by molar-refractivity contribution is 9.10. The lowest BCUT2D eigenvalue weighted by molar-refractivity contribution is -0.0185. The first-order valence-corrected chi connectivity index (χ1v) is 11.0. The molecule has 3 heterocycles. The van der Waals surface area contributed by atoms with Gasteiger partial charge in [0.05, 0.1) is 23.7 Å². The largest absolute Gasteiger partial charge is 0.507 e. The van der Waals surface area contributed by atoms with E-state index in [1.54, 1.807) is 24.5 Å². The van der Waals surface area contributed by atoms with Crippen molar-refractivity contribution in [1.29, 1.82) is 0 Å². The van der Waals surface area contributed by atoms with E-state index in [1.807, 2.05) is 41.6 Å². The monoisotopic (exact) mass is 470 g/mol. The second kappa shape index (κ2) is 7.07. The van der Waals surface area contributed by atoms with E-state index in [2.05, 4.69) is 28.1 Å². The third-order valence-corrected chi connectivity index (χ3v) is 7.02. The molecule has 3 aromatic rings. The molecule has 2 aliphatic heterocycles. The smallest absolute Gasteiger partial charge is 0.223 e. The molecule has 0 saturated carbocycles. The summed E-state index contributed by atoms with van der Waals surface area (Å²) in [5, 5.41) is 19.4. The minimum atomic E-state index is -0.357. The molecule has 1 aromatic heterocycles. The summed E-state index contributed by atoms with van der Waals surface area (Å²) in [7, 11) is 1.66. The van der Waals surface area contributed by atoms with Crippen LogP contribution >= 0.6 is 27.3 Å². The van der Waals surface area contributed by atoms with Gasteiger partial charge in [0.2, 0.25) is 6.23 Å². The molecule has 0 fully saturated rings. The third kappa shape index (κ3) is 3.09. The molecular formula is C22H19BrN2O3S. The maximum Gasteiger partial charge on any atom is 0.223 e. The standard InChI is InChI=1S/C22H19BrN2O3S/c1-12-6-7-18(26)15(8-12)16-10-17-14-4-3-5-19(27-2)21(14)28-22(25(17)24-16)20-9-13(23)11-29-20/h3-9,11,17,22,26H,10H2,1-2H3/t17-,22-/m0/s1. The number of hydrogen-bond donors (Lipinski definition) is 1. The molecule has 5 rings (SSSR count). The van der Waals surface area contributed by atoms with E-state index >= 15 is 0 Å². The Balaban J connectivity index is 1.64. The van der Waals surface area contributed by atoms with Crippen LogP contribution in [0.25, 0.3) is 0 Å². The first kappa shape index (κ1) is 18.5. The number of hydrazone groups is 1. The van der Waals surface area contributed by atoms with Gasteiger partial charge in [0.1, 0.15) is 5.75 Å². The van der Waals surface area contributed by atoms with Crippen LogP contribution in [0.1, 0.15) is 40.3 Å². The van der Waals surface area contributed by atoms with Crippen molar-refractivity contribution in [3.8, 4) is 17.2 Å². The van der Waals surface area contributed by atoms with Crippen LogP contribution in [0.3, 0.4) is 0 Å². The minimum absolute atomic E-state index is 0.00892. The summed E-state index contributed by atoms with van der Waals surface area (Å²) < 4.78 is 13.0. The van der Waals surface area contributed by atoms with Gasteiger partial charge in [-0.2, -0.15) is 5.10 Å². The van der Waals surface area contributed by atoms with Crippen LogP contribution in [-0.4, -0.2) is 22.9 Å². The Hall–Kier alpha value is -2.51. The van der Waals surface area contributed by atoms with Gasteiger partial charge < -0.3 is 14.6 Å². The lowest BCUT2D eigenvalue weighted by atomic mass is 9.95. The summed E-state index contributed by atoms with van der Waals surface area (Å²) in [4.78, 5) is 1.05. The zero-order valence-corrected chi connectivity index (χ0v) is 18.3. The molecule has 0 saturated heterocycles. The molecule has 5 nitrogen and oxygen atoms in total. The summed E-state index contributed by atoms with van der Waals surface area (Å²) >= 11 is 5.16. The summed E-state index contributed by atoms with van der Waals surface area (Å²) in [5.74, 6) is 1.72. The molecular weight excluding hydrogens is 452 g/mol. The summed E-state index contributed by atoms with van der Waals surface area (Å²) in [6.45, 7) is 2.01. The second-order valence-corrected chi connectivity index (χ2v) is 9.04. The zero-order chi connectivity index (χ0) is 20.1. The van der Waals surface area contributed by atoms with E-state index in [0.717, 1.165) is 43.3 Å². The van der Waals surface area contributed by atoms with Gasteiger partial charge in [-0.3, -0.25) is 0 Å². The Bertz CT molecular complexity index is 1130. The highest BCUT2D eigenvalue weighted by atomic mass is 79.9. The van der Waals surface area contributed by atoms with Crippen molar-refractivity contribution in [2.24, 2.45) is 5.10 Å². The molecule has 2 aliphatic rings. The molecule has 2 aromatic carbocycles. The highest BCUT2D eigenvalue weighted by Crippen LogP contribution is 2.51. The number of para-hydroxylation sites is 1. The number of nitrogens with zero attached hydrogens (tertiary/aromatic N) is 2. The Kier molecular flexibility index (Phi) is 4.52. The van der Waals surface area contributed by atoms with E-state index in [0.29, 0.717) is 6.42 Å². The van der Waals surface area contributed by atoms with Gasteiger partial charge in [-0.15, -0.1) is 11.3 Å². The Morgan fingerprint density at radius 3 is 2.90 bits per heavy atom. The first-order valence-electron chi connectivity index (χ1n) is 9.28. The Labute approximate surface area is 181 Å². The average molecular weight is 471 g/mol. The maximum absolute atomic E-state index is 10.4. The van der Waals surface area contributed by atoms with Gasteiger partial charge >= 0.3 is 0 Å². The topological polar surface area (TPSA) is 54.3 Å². The highest BCUT2D eigenvalue weighted by Gasteiger charge is 2.43. The third-order valence-electron chi connectivity index (χ3n) is 5.29. The summed E-state index contributed by atoms with van der Waals surface area (Å²) in [6.07, 6.45) is 0.327. The van der Waals surface area contributed by atoms with Crippen LogP contribution < -0.4 is 9.47 Å². The van der Waals surface area contributed by atoms with Gasteiger partial charge in [0.15, 0.2) is 11.5 Å². The SMILES string of the molecule is COc1cccc2c1O[C@@H](c1cc(Br)cs1)N1N=C(c3cc(C)ccc3O)C[C@@H]21. The van der Waals surface area contributed by atoms with Gasteiger partial charge in [0.25, 0.3) is 0 Å². The van der Waals surface area contributed by atoms with Crippen LogP contribution in [-0.2, 0) is 0 Å². The predicted molar refractivity (Wildman–Crippen MR) is 117 cm³/mol. The molecule has 0 radical (unpaired) electrons. The molecule has 2 atom stereocenters. The fraction of sp³-hybridized carbons (Fsp3) is 0.227. The maximum atomic E-state index is 10.4. The lowest BCUT2D eigenvalue weighted by Gasteiger charge is -2.38. The number of thiophene rings is 1.